The third-order valence-electron chi connectivity index (χ3n) is 4.33. The Labute approximate surface area is 165 Å². The lowest BCUT2D eigenvalue weighted by atomic mass is 9.81. The molecule has 1 aromatic rings. The fourth-order valence-corrected chi connectivity index (χ4v) is 5.79. The Balaban J connectivity index is 1.78. The average Bonchev–Trinajstić information content (AvgIpc) is 3.03. The second-order valence-corrected chi connectivity index (χ2v) is 9.03. The van der Waals surface area contributed by atoms with Gasteiger partial charge in [0.05, 0.1) is 16.7 Å². The highest BCUT2D eigenvalue weighted by Gasteiger charge is 2.38. The van der Waals surface area contributed by atoms with Gasteiger partial charge in [-0.15, -0.1) is 23.5 Å². The van der Waals surface area contributed by atoms with Crippen LogP contribution in [0.25, 0.3) is 0 Å². The number of hydroxylamine groups is 1. The van der Waals surface area contributed by atoms with Crippen LogP contribution in [0.15, 0.2) is 28.6 Å². The second kappa shape index (κ2) is 8.61. The number of carbonyl (C=O) groups is 3. The van der Waals surface area contributed by atoms with Gasteiger partial charge < -0.3 is 0 Å². The van der Waals surface area contributed by atoms with E-state index in [0.29, 0.717) is 17.9 Å². The Bertz CT molecular complexity index is 765. The van der Waals surface area contributed by atoms with Crippen molar-refractivity contribution in [2.24, 2.45) is 5.92 Å². The summed E-state index contributed by atoms with van der Waals surface area (Å²) >= 11 is 9.80. The normalized spacial score (nSPS) is 20.6. The Kier molecular flexibility index (Phi) is 6.45. The van der Waals surface area contributed by atoms with Crippen LogP contribution >= 0.6 is 35.1 Å². The fourth-order valence-electron chi connectivity index (χ4n) is 3.10. The molecule has 26 heavy (non-hydrogen) atoms. The van der Waals surface area contributed by atoms with E-state index in [1.165, 1.54) is 7.11 Å². The molecule has 138 valence electrons. The standard InChI is InChI=1S/C18H18ClNO4S2/c1-24-20-7-8-25-15-9-11-14(26-15)6-5-10(17(11)19)18(23)16-12(21)3-2-4-13(16)22/h5-8,15-16,20H,2-4,9H2,1H3. The van der Waals surface area contributed by atoms with E-state index in [1.807, 2.05) is 11.5 Å². The number of nitrogens with one attached hydrogen (secondary N) is 1. The van der Waals surface area contributed by atoms with Crippen LogP contribution in [0, 0.1) is 5.92 Å². The predicted octanol–water partition coefficient (Wildman–Crippen LogP) is 3.79. The quantitative estimate of drug-likeness (QED) is 0.433. The number of Topliss-reactive ketones (excluding diaryl/α,β-unsaturated/α-hetero) is 3. The number of carbonyl (C=O) groups excluding carboxylic acids is 3. The lowest BCUT2D eigenvalue weighted by Crippen LogP contribution is -2.35. The first-order valence-corrected chi connectivity index (χ1v) is 10.4. The van der Waals surface area contributed by atoms with Crippen LogP contribution in [0.4, 0.5) is 0 Å². The molecular weight excluding hydrogens is 394 g/mol. The maximum absolute atomic E-state index is 12.8. The van der Waals surface area contributed by atoms with Gasteiger partial charge in [-0.3, -0.25) is 24.7 Å². The van der Waals surface area contributed by atoms with Gasteiger partial charge >= 0.3 is 0 Å². The summed E-state index contributed by atoms with van der Waals surface area (Å²) in [6.45, 7) is 0. The largest absolute Gasteiger partial charge is 0.298 e. The van der Waals surface area contributed by atoms with Crippen LogP contribution in [0.2, 0.25) is 5.02 Å². The van der Waals surface area contributed by atoms with Gasteiger partial charge in [0, 0.05) is 29.5 Å². The summed E-state index contributed by atoms with van der Waals surface area (Å²) in [5, 5.41) is 2.26. The molecular formula is C18H18ClNO4S2. The molecule has 1 N–H and O–H groups in total. The summed E-state index contributed by atoms with van der Waals surface area (Å²) in [6, 6.07) is 3.50. The van der Waals surface area contributed by atoms with Crippen molar-refractivity contribution in [1.82, 2.24) is 5.48 Å². The van der Waals surface area contributed by atoms with E-state index >= 15 is 0 Å². The molecule has 3 rings (SSSR count). The highest BCUT2D eigenvalue weighted by molar-refractivity contribution is 8.18. The minimum atomic E-state index is -1.18. The predicted molar refractivity (Wildman–Crippen MR) is 103 cm³/mol. The zero-order valence-electron chi connectivity index (χ0n) is 14.1. The SMILES string of the molecule is CONC=CSC1Cc2c(ccc(C(=O)C3C(=O)CCCC3=O)c2Cl)S1. The van der Waals surface area contributed by atoms with Gasteiger partial charge in [-0.25, -0.2) is 0 Å². The Morgan fingerprint density at radius 2 is 2.08 bits per heavy atom. The Morgan fingerprint density at radius 1 is 1.35 bits per heavy atom. The summed E-state index contributed by atoms with van der Waals surface area (Å²) in [5.74, 6) is -2.22. The number of rotatable bonds is 6. The Morgan fingerprint density at radius 3 is 2.77 bits per heavy atom. The molecule has 1 fully saturated rings. The highest BCUT2D eigenvalue weighted by atomic mass is 35.5. The van der Waals surface area contributed by atoms with Gasteiger partial charge in [-0.1, -0.05) is 11.6 Å². The first-order chi connectivity index (χ1) is 12.5. The molecule has 0 radical (unpaired) electrons. The minimum absolute atomic E-state index is 0.237. The van der Waals surface area contributed by atoms with Gasteiger partial charge in [-0.05, 0) is 35.9 Å². The lowest BCUT2D eigenvalue weighted by molar-refractivity contribution is -0.133. The topological polar surface area (TPSA) is 72.5 Å². The van der Waals surface area contributed by atoms with E-state index in [2.05, 4.69) is 5.48 Å². The molecule has 0 spiro atoms. The maximum Gasteiger partial charge on any atom is 0.182 e. The van der Waals surface area contributed by atoms with Crippen LogP contribution in [-0.4, -0.2) is 29.0 Å². The van der Waals surface area contributed by atoms with Crippen LogP contribution < -0.4 is 5.48 Å². The van der Waals surface area contributed by atoms with Crippen molar-refractivity contribution in [3.8, 4) is 0 Å². The molecule has 2 aliphatic rings. The van der Waals surface area contributed by atoms with Gasteiger partial charge in [0.2, 0.25) is 0 Å². The lowest BCUT2D eigenvalue weighted by Gasteiger charge is -2.19. The molecule has 8 heteroatoms. The van der Waals surface area contributed by atoms with Gasteiger partial charge in [0.25, 0.3) is 0 Å². The van der Waals surface area contributed by atoms with Crippen molar-refractivity contribution < 1.29 is 19.2 Å². The molecule has 1 aromatic carbocycles. The van der Waals surface area contributed by atoms with Crippen LogP contribution in [0.3, 0.4) is 0 Å². The van der Waals surface area contributed by atoms with Crippen molar-refractivity contribution in [3.05, 3.63) is 39.9 Å². The van der Waals surface area contributed by atoms with Crippen LogP contribution in [0.1, 0.15) is 35.2 Å². The highest BCUT2D eigenvalue weighted by Crippen LogP contribution is 2.46. The average molecular weight is 412 g/mol. The second-order valence-electron chi connectivity index (χ2n) is 6.00. The molecule has 0 bridgehead atoms. The Hall–Kier alpha value is -1.28. The number of hydrogen-bond donors (Lipinski definition) is 1. The van der Waals surface area contributed by atoms with Crippen LogP contribution in [0.5, 0.6) is 0 Å². The molecule has 0 aromatic heterocycles. The number of halogens is 1. The molecule has 1 atom stereocenters. The van der Waals surface area contributed by atoms with Gasteiger partial charge in [0.15, 0.2) is 17.3 Å². The van der Waals surface area contributed by atoms with Crippen molar-refractivity contribution in [2.75, 3.05) is 7.11 Å². The molecule has 1 aliphatic heterocycles. The molecule has 1 heterocycles. The van der Waals surface area contributed by atoms with E-state index in [4.69, 9.17) is 16.4 Å². The van der Waals surface area contributed by atoms with E-state index in [1.54, 1.807) is 35.8 Å². The molecule has 0 saturated heterocycles. The number of fused-ring (bicyclic) bond motifs is 1. The summed E-state index contributed by atoms with van der Waals surface area (Å²) in [6.07, 6.45) is 3.49. The summed E-state index contributed by atoms with van der Waals surface area (Å²) in [7, 11) is 1.54. The first kappa shape index (κ1) is 19.5. The molecule has 1 aliphatic carbocycles. The van der Waals surface area contributed by atoms with Crippen molar-refractivity contribution >= 4 is 52.5 Å². The van der Waals surface area contributed by atoms with Gasteiger partial charge in [0.1, 0.15) is 5.92 Å². The smallest absolute Gasteiger partial charge is 0.182 e. The number of ketones is 3. The van der Waals surface area contributed by atoms with Crippen molar-refractivity contribution in [2.45, 2.75) is 35.2 Å². The third-order valence-corrected chi connectivity index (χ3v) is 7.21. The summed E-state index contributed by atoms with van der Waals surface area (Å²) < 4.78 is 0.237. The van der Waals surface area contributed by atoms with Crippen LogP contribution in [-0.2, 0) is 20.8 Å². The number of hydrogen-bond acceptors (Lipinski definition) is 7. The molecule has 1 unspecified atom stereocenters. The first-order valence-electron chi connectivity index (χ1n) is 8.19. The maximum atomic E-state index is 12.8. The number of benzene rings is 1. The molecule has 1 saturated carbocycles. The molecule has 5 nitrogen and oxygen atoms in total. The van der Waals surface area contributed by atoms with Gasteiger partial charge in [-0.2, -0.15) is 0 Å². The summed E-state index contributed by atoms with van der Waals surface area (Å²) in [5.41, 5.74) is 3.81. The van der Waals surface area contributed by atoms with Crippen molar-refractivity contribution in [1.29, 1.82) is 0 Å². The fraction of sp³-hybridized carbons (Fsp3) is 0.389. The zero-order valence-corrected chi connectivity index (χ0v) is 16.5. The van der Waals surface area contributed by atoms with E-state index in [0.717, 1.165) is 10.5 Å². The molecule has 0 amide bonds. The number of thioether (sulfide) groups is 2. The monoisotopic (exact) mass is 411 g/mol. The van der Waals surface area contributed by atoms with E-state index in [9.17, 15) is 14.4 Å². The third kappa shape index (κ3) is 4.01. The van der Waals surface area contributed by atoms with Crippen molar-refractivity contribution in [3.63, 3.8) is 0 Å². The summed E-state index contributed by atoms with van der Waals surface area (Å²) in [4.78, 5) is 42.7. The zero-order chi connectivity index (χ0) is 18.7. The van der Waals surface area contributed by atoms with E-state index in [-0.39, 0.29) is 34.6 Å². The van der Waals surface area contributed by atoms with E-state index < -0.39 is 11.7 Å². The minimum Gasteiger partial charge on any atom is -0.298 e.